The summed E-state index contributed by atoms with van der Waals surface area (Å²) in [5.74, 6) is 4.06. The van der Waals surface area contributed by atoms with Gasteiger partial charge in [-0.05, 0) is 42.9 Å². The summed E-state index contributed by atoms with van der Waals surface area (Å²) in [6.45, 7) is 0. The minimum atomic E-state index is 0.506. The molecular weight excluding hydrogens is 280 g/mol. The normalized spacial score (nSPS) is 19.0. The molecule has 0 N–H and O–H groups in total. The van der Waals surface area contributed by atoms with Crippen molar-refractivity contribution < 1.29 is 0 Å². The Hall–Kier alpha value is -1.88. The lowest BCUT2D eigenvalue weighted by atomic mass is 10.0. The highest BCUT2D eigenvalue weighted by atomic mass is 32.2. The largest absolute Gasteiger partial charge is 0.280 e. The Bertz CT molecular complexity index is 747. The van der Waals surface area contributed by atoms with Gasteiger partial charge in [-0.15, -0.1) is 0 Å². The molecule has 3 aromatic heterocycles. The Morgan fingerprint density at radius 1 is 1.14 bits per heavy atom. The van der Waals surface area contributed by atoms with E-state index < -0.39 is 0 Å². The second kappa shape index (κ2) is 5.48. The molecule has 0 aromatic carbocycles. The van der Waals surface area contributed by atoms with E-state index in [1.165, 1.54) is 18.6 Å². The number of fused-ring (bicyclic) bond motifs is 1. The van der Waals surface area contributed by atoms with Crippen molar-refractivity contribution in [2.45, 2.75) is 18.8 Å². The molecule has 4 rings (SSSR count). The first-order chi connectivity index (χ1) is 10.4. The Labute approximate surface area is 127 Å². The van der Waals surface area contributed by atoms with Gasteiger partial charge in [0.25, 0.3) is 0 Å². The summed E-state index contributed by atoms with van der Waals surface area (Å²) in [7, 11) is 0. The summed E-state index contributed by atoms with van der Waals surface area (Å²) in [6, 6.07) is 8.04. The zero-order chi connectivity index (χ0) is 14.1. The summed E-state index contributed by atoms with van der Waals surface area (Å²) >= 11 is 2.03. The quantitative estimate of drug-likeness (QED) is 0.726. The number of nitrogens with zero attached hydrogens (tertiary/aromatic N) is 4. The summed E-state index contributed by atoms with van der Waals surface area (Å²) in [5, 5.41) is 0. The van der Waals surface area contributed by atoms with Gasteiger partial charge in [0.1, 0.15) is 11.3 Å². The monoisotopic (exact) mass is 296 g/mol. The summed E-state index contributed by atoms with van der Waals surface area (Å²) in [4.78, 5) is 13.5. The van der Waals surface area contributed by atoms with Crippen LogP contribution in [0, 0.1) is 0 Å². The SMILES string of the molecule is c1cnc2c(c1)nc(C1CCCSC1)n2-c1ccncc1. The molecule has 4 heterocycles. The van der Waals surface area contributed by atoms with Crippen LogP contribution in [0.1, 0.15) is 24.6 Å². The van der Waals surface area contributed by atoms with Gasteiger partial charge in [-0.1, -0.05) is 0 Å². The van der Waals surface area contributed by atoms with Crippen LogP contribution in [-0.4, -0.2) is 31.0 Å². The molecular formula is C16H16N4S. The molecule has 0 saturated carbocycles. The second-order valence-corrected chi connectivity index (χ2v) is 6.42. The molecule has 0 bridgehead atoms. The van der Waals surface area contributed by atoms with Gasteiger partial charge in [0, 0.05) is 30.3 Å². The van der Waals surface area contributed by atoms with Crippen LogP contribution in [0.15, 0.2) is 42.9 Å². The first-order valence-corrected chi connectivity index (χ1v) is 8.40. The van der Waals surface area contributed by atoms with E-state index in [-0.39, 0.29) is 0 Å². The second-order valence-electron chi connectivity index (χ2n) is 5.27. The minimum absolute atomic E-state index is 0.506. The highest BCUT2D eigenvalue weighted by Crippen LogP contribution is 2.33. The Balaban J connectivity index is 1.92. The average molecular weight is 296 g/mol. The maximum absolute atomic E-state index is 4.88. The van der Waals surface area contributed by atoms with Crippen molar-refractivity contribution in [3.8, 4) is 5.69 Å². The van der Waals surface area contributed by atoms with Crippen LogP contribution in [0.2, 0.25) is 0 Å². The van der Waals surface area contributed by atoms with Gasteiger partial charge in [-0.2, -0.15) is 11.8 Å². The number of imidazole rings is 1. The Morgan fingerprint density at radius 2 is 2.05 bits per heavy atom. The van der Waals surface area contributed by atoms with Crippen LogP contribution < -0.4 is 0 Å². The minimum Gasteiger partial charge on any atom is -0.280 e. The predicted molar refractivity (Wildman–Crippen MR) is 86.0 cm³/mol. The van der Waals surface area contributed by atoms with E-state index >= 15 is 0 Å². The number of pyridine rings is 2. The molecule has 0 aliphatic carbocycles. The predicted octanol–water partition coefficient (Wildman–Crippen LogP) is 3.43. The number of thioether (sulfide) groups is 1. The topological polar surface area (TPSA) is 43.6 Å². The molecule has 1 fully saturated rings. The zero-order valence-corrected chi connectivity index (χ0v) is 12.5. The Kier molecular flexibility index (Phi) is 3.35. The maximum atomic E-state index is 4.88. The van der Waals surface area contributed by atoms with Crippen LogP contribution in [0.25, 0.3) is 16.9 Å². The van der Waals surface area contributed by atoms with Gasteiger partial charge < -0.3 is 0 Å². The lowest BCUT2D eigenvalue weighted by molar-refractivity contribution is 0.616. The molecule has 1 unspecified atom stereocenters. The molecule has 1 saturated heterocycles. The van der Waals surface area contributed by atoms with Crippen molar-refractivity contribution in [2.75, 3.05) is 11.5 Å². The van der Waals surface area contributed by atoms with E-state index in [0.717, 1.165) is 28.4 Å². The van der Waals surface area contributed by atoms with E-state index in [4.69, 9.17) is 4.98 Å². The van der Waals surface area contributed by atoms with Gasteiger partial charge in [0.05, 0.1) is 5.69 Å². The summed E-state index contributed by atoms with van der Waals surface area (Å²) in [5.41, 5.74) is 3.01. The number of hydrogen-bond acceptors (Lipinski definition) is 4. The fourth-order valence-electron chi connectivity index (χ4n) is 2.90. The molecule has 4 nitrogen and oxygen atoms in total. The lowest BCUT2D eigenvalue weighted by Crippen LogP contribution is -2.14. The third kappa shape index (κ3) is 2.31. The van der Waals surface area contributed by atoms with E-state index in [1.807, 2.05) is 54.6 Å². The standard InChI is InChI=1S/C16H16N4S/c1-4-14-16(18-7-1)20(13-5-8-17-9-6-13)15(19-14)12-3-2-10-21-11-12/h1,4-9,12H,2-3,10-11H2. The van der Waals surface area contributed by atoms with Gasteiger partial charge >= 0.3 is 0 Å². The van der Waals surface area contributed by atoms with E-state index in [1.54, 1.807) is 0 Å². The van der Waals surface area contributed by atoms with Crippen molar-refractivity contribution in [3.05, 3.63) is 48.7 Å². The van der Waals surface area contributed by atoms with E-state index in [9.17, 15) is 0 Å². The fourth-order valence-corrected chi connectivity index (χ4v) is 4.03. The van der Waals surface area contributed by atoms with Crippen LogP contribution in [0.4, 0.5) is 0 Å². The molecule has 106 valence electrons. The number of hydrogen-bond donors (Lipinski definition) is 0. The summed E-state index contributed by atoms with van der Waals surface area (Å²) < 4.78 is 2.20. The first kappa shape index (κ1) is 12.8. The van der Waals surface area contributed by atoms with E-state index in [0.29, 0.717) is 5.92 Å². The van der Waals surface area contributed by atoms with Crippen LogP contribution in [0.5, 0.6) is 0 Å². The van der Waals surface area contributed by atoms with Crippen molar-refractivity contribution in [3.63, 3.8) is 0 Å². The van der Waals surface area contributed by atoms with Crippen molar-refractivity contribution in [1.29, 1.82) is 0 Å². The first-order valence-electron chi connectivity index (χ1n) is 7.25. The van der Waals surface area contributed by atoms with Gasteiger partial charge in [-0.3, -0.25) is 9.55 Å². The average Bonchev–Trinajstić information content (AvgIpc) is 2.96. The van der Waals surface area contributed by atoms with Crippen LogP contribution in [0.3, 0.4) is 0 Å². The maximum Gasteiger partial charge on any atom is 0.164 e. The van der Waals surface area contributed by atoms with Gasteiger partial charge in [0.15, 0.2) is 5.65 Å². The van der Waals surface area contributed by atoms with E-state index in [2.05, 4.69) is 14.5 Å². The third-order valence-electron chi connectivity index (χ3n) is 3.89. The summed E-state index contributed by atoms with van der Waals surface area (Å²) in [6.07, 6.45) is 7.96. The van der Waals surface area contributed by atoms with Crippen LogP contribution in [-0.2, 0) is 0 Å². The van der Waals surface area contributed by atoms with Crippen LogP contribution >= 0.6 is 11.8 Å². The van der Waals surface area contributed by atoms with Gasteiger partial charge in [0.2, 0.25) is 0 Å². The smallest absolute Gasteiger partial charge is 0.164 e. The number of rotatable bonds is 2. The van der Waals surface area contributed by atoms with Crippen molar-refractivity contribution in [1.82, 2.24) is 19.5 Å². The molecule has 0 radical (unpaired) electrons. The number of aromatic nitrogens is 4. The lowest BCUT2D eigenvalue weighted by Gasteiger charge is -2.21. The third-order valence-corrected chi connectivity index (χ3v) is 5.10. The van der Waals surface area contributed by atoms with Crippen molar-refractivity contribution >= 4 is 22.9 Å². The molecule has 1 aliphatic rings. The molecule has 0 spiro atoms. The van der Waals surface area contributed by atoms with Crippen molar-refractivity contribution in [2.24, 2.45) is 0 Å². The molecule has 21 heavy (non-hydrogen) atoms. The molecule has 1 atom stereocenters. The highest BCUT2D eigenvalue weighted by molar-refractivity contribution is 7.99. The molecule has 1 aliphatic heterocycles. The molecule has 3 aromatic rings. The highest BCUT2D eigenvalue weighted by Gasteiger charge is 2.23. The Morgan fingerprint density at radius 3 is 2.86 bits per heavy atom. The fraction of sp³-hybridized carbons (Fsp3) is 0.312. The molecule has 0 amide bonds. The van der Waals surface area contributed by atoms with Gasteiger partial charge in [-0.25, -0.2) is 9.97 Å². The zero-order valence-electron chi connectivity index (χ0n) is 11.6. The molecule has 5 heteroatoms.